The summed E-state index contributed by atoms with van der Waals surface area (Å²) < 4.78 is 33.4. The predicted octanol–water partition coefficient (Wildman–Crippen LogP) is 3.20. The minimum Gasteiger partial charge on any atom is -0.441 e. The van der Waals surface area contributed by atoms with Crippen LogP contribution in [-0.2, 0) is 16.6 Å². The Bertz CT molecular complexity index is 974. The lowest BCUT2D eigenvalue weighted by molar-refractivity contribution is 0.534. The molecule has 24 heavy (non-hydrogen) atoms. The average Bonchev–Trinajstić information content (AvgIpc) is 3.14. The van der Waals surface area contributed by atoms with E-state index in [1.54, 1.807) is 32.2 Å². The molecule has 0 radical (unpaired) electrons. The molecule has 1 N–H and O–H groups in total. The second kappa shape index (κ2) is 6.46. The van der Waals surface area contributed by atoms with E-state index in [2.05, 4.69) is 14.7 Å². The highest BCUT2D eigenvalue weighted by atomic mass is 32.2. The molecule has 0 fully saturated rings. The standard InChI is InChI=1S/C16H17N3O3S2/c1-10-4-5-13(14-7-17-12(3)22-14)6-15(10)24(20,21)18-8-16-19-11(2)9-23-16/h4-7,9,18H,8H2,1-3H3. The van der Waals surface area contributed by atoms with Crippen molar-refractivity contribution in [3.63, 3.8) is 0 Å². The van der Waals surface area contributed by atoms with E-state index >= 15 is 0 Å². The van der Waals surface area contributed by atoms with Crippen LogP contribution in [0.1, 0.15) is 22.2 Å². The van der Waals surface area contributed by atoms with Crippen LogP contribution in [0.25, 0.3) is 11.3 Å². The quantitative estimate of drug-likeness (QED) is 0.752. The topological polar surface area (TPSA) is 85.1 Å². The maximum atomic E-state index is 12.6. The normalized spacial score (nSPS) is 11.8. The molecule has 1 aromatic carbocycles. The van der Waals surface area contributed by atoms with Crippen molar-refractivity contribution in [3.05, 3.63) is 51.9 Å². The fraction of sp³-hybridized carbons (Fsp3) is 0.250. The van der Waals surface area contributed by atoms with Gasteiger partial charge in [-0.05, 0) is 25.5 Å². The number of oxazole rings is 1. The SMILES string of the molecule is Cc1csc(CNS(=O)(=O)c2cc(-c3cnc(C)o3)ccc2C)n1. The van der Waals surface area contributed by atoms with Gasteiger partial charge in [0.05, 0.1) is 17.6 Å². The van der Waals surface area contributed by atoms with Crippen LogP contribution in [-0.4, -0.2) is 18.4 Å². The number of hydrogen-bond acceptors (Lipinski definition) is 6. The molecule has 0 aliphatic rings. The number of nitrogens with zero attached hydrogens (tertiary/aromatic N) is 2. The first-order valence-corrected chi connectivity index (χ1v) is 9.65. The predicted molar refractivity (Wildman–Crippen MR) is 92.3 cm³/mol. The van der Waals surface area contributed by atoms with Crippen molar-refractivity contribution in [2.75, 3.05) is 0 Å². The fourth-order valence-corrected chi connectivity index (χ4v) is 4.32. The van der Waals surface area contributed by atoms with Gasteiger partial charge in [0.1, 0.15) is 5.01 Å². The van der Waals surface area contributed by atoms with Crippen LogP contribution in [0.3, 0.4) is 0 Å². The molecule has 0 unspecified atom stereocenters. The van der Waals surface area contributed by atoms with Crippen molar-refractivity contribution < 1.29 is 12.8 Å². The summed E-state index contributed by atoms with van der Waals surface area (Å²) in [5.74, 6) is 1.08. The lowest BCUT2D eigenvalue weighted by atomic mass is 10.1. The minimum atomic E-state index is -3.65. The van der Waals surface area contributed by atoms with Gasteiger partial charge >= 0.3 is 0 Å². The van der Waals surface area contributed by atoms with E-state index in [9.17, 15) is 8.42 Å². The van der Waals surface area contributed by atoms with Gasteiger partial charge in [-0.15, -0.1) is 11.3 Å². The van der Waals surface area contributed by atoms with Gasteiger partial charge in [-0.1, -0.05) is 12.1 Å². The van der Waals surface area contributed by atoms with Gasteiger partial charge in [0.2, 0.25) is 10.0 Å². The van der Waals surface area contributed by atoms with E-state index in [1.807, 2.05) is 18.4 Å². The number of sulfonamides is 1. The molecule has 126 valence electrons. The monoisotopic (exact) mass is 363 g/mol. The zero-order chi connectivity index (χ0) is 17.3. The molecule has 0 bridgehead atoms. The van der Waals surface area contributed by atoms with Gasteiger partial charge in [0.25, 0.3) is 0 Å². The van der Waals surface area contributed by atoms with E-state index in [-0.39, 0.29) is 11.4 Å². The second-order valence-electron chi connectivity index (χ2n) is 5.43. The van der Waals surface area contributed by atoms with Crippen LogP contribution in [0.4, 0.5) is 0 Å². The molecular formula is C16H17N3O3S2. The van der Waals surface area contributed by atoms with Gasteiger partial charge in [0, 0.05) is 23.6 Å². The number of aryl methyl sites for hydroxylation is 3. The van der Waals surface area contributed by atoms with Gasteiger partial charge in [-0.2, -0.15) is 0 Å². The molecule has 6 nitrogen and oxygen atoms in total. The van der Waals surface area contributed by atoms with Crippen molar-refractivity contribution in [2.45, 2.75) is 32.2 Å². The summed E-state index contributed by atoms with van der Waals surface area (Å²) in [5.41, 5.74) is 2.22. The third kappa shape index (κ3) is 3.55. The lowest BCUT2D eigenvalue weighted by Gasteiger charge is -2.09. The maximum Gasteiger partial charge on any atom is 0.241 e. The molecule has 0 aliphatic heterocycles. The molecule has 3 rings (SSSR count). The summed E-state index contributed by atoms with van der Waals surface area (Å²) >= 11 is 1.43. The Hall–Kier alpha value is -2.03. The highest BCUT2D eigenvalue weighted by Crippen LogP contribution is 2.25. The molecule has 2 heterocycles. The Morgan fingerprint density at radius 2 is 2.04 bits per heavy atom. The van der Waals surface area contributed by atoms with Crippen molar-refractivity contribution in [1.29, 1.82) is 0 Å². The second-order valence-corrected chi connectivity index (χ2v) is 8.11. The molecule has 3 aromatic rings. The number of hydrogen-bond donors (Lipinski definition) is 1. The minimum absolute atomic E-state index is 0.173. The van der Waals surface area contributed by atoms with Gasteiger partial charge in [-0.3, -0.25) is 0 Å². The molecule has 2 aromatic heterocycles. The van der Waals surface area contributed by atoms with E-state index in [1.165, 1.54) is 11.3 Å². The van der Waals surface area contributed by atoms with Crippen molar-refractivity contribution in [3.8, 4) is 11.3 Å². The van der Waals surface area contributed by atoms with Crippen LogP contribution >= 0.6 is 11.3 Å². The smallest absolute Gasteiger partial charge is 0.241 e. The average molecular weight is 363 g/mol. The summed E-state index contributed by atoms with van der Waals surface area (Å²) in [6, 6.07) is 5.18. The summed E-state index contributed by atoms with van der Waals surface area (Å²) in [5, 5.41) is 2.62. The highest BCUT2D eigenvalue weighted by Gasteiger charge is 2.19. The Kier molecular flexibility index (Phi) is 4.53. The zero-order valence-corrected chi connectivity index (χ0v) is 15.2. The van der Waals surface area contributed by atoms with Crippen LogP contribution in [0, 0.1) is 20.8 Å². The van der Waals surface area contributed by atoms with Gasteiger partial charge < -0.3 is 4.42 Å². The third-order valence-electron chi connectivity index (χ3n) is 3.46. The molecule has 0 atom stereocenters. The number of benzene rings is 1. The van der Waals surface area contributed by atoms with Crippen LogP contribution < -0.4 is 4.72 Å². The molecule has 0 spiro atoms. The van der Waals surface area contributed by atoms with E-state index in [0.717, 1.165) is 10.7 Å². The number of nitrogens with one attached hydrogen (secondary N) is 1. The van der Waals surface area contributed by atoms with Crippen molar-refractivity contribution in [2.24, 2.45) is 0 Å². The summed E-state index contributed by atoms with van der Waals surface area (Å²) in [6.45, 7) is 5.55. The Balaban J connectivity index is 1.89. The van der Waals surface area contributed by atoms with Crippen molar-refractivity contribution in [1.82, 2.24) is 14.7 Å². The summed E-state index contributed by atoms with van der Waals surface area (Å²) in [7, 11) is -3.65. The molecule has 8 heteroatoms. The van der Waals surface area contributed by atoms with Crippen LogP contribution in [0.2, 0.25) is 0 Å². The van der Waals surface area contributed by atoms with Gasteiger partial charge in [0.15, 0.2) is 11.7 Å². The number of aromatic nitrogens is 2. The number of rotatable bonds is 5. The first-order valence-electron chi connectivity index (χ1n) is 7.29. The third-order valence-corrected chi connectivity index (χ3v) is 5.97. The van der Waals surface area contributed by atoms with Crippen LogP contribution in [0.5, 0.6) is 0 Å². The summed E-state index contributed by atoms with van der Waals surface area (Å²) in [4.78, 5) is 8.54. The van der Waals surface area contributed by atoms with E-state index < -0.39 is 10.0 Å². The molecule has 0 amide bonds. The first-order chi connectivity index (χ1) is 11.3. The highest BCUT2D eigenvalue weighted by molar-refractivity contribution is 7.89. The fourth-order valence-electron chi connectivity index (χ4n) is 2.26. The van der Waals surface area contributed by atoms with Crippen LogP contribution in [0.15, 0.2) is 39.1 Å². The molecular weight excluding hydrogens is 346 g/mol. The zero-order valence-electron chi connectivity index (χ0n) is 13.5. The molecule has 0 saturated heterocycles. The first kappa shape index (κ1) is 16.8. The Morgan fingerprint density at radius 3 is 2.67 bits per heavy atom. The molecule has 0 aliphatic carbocycles. The Labute approximate surface area is 144 Å². The van der Waals surface area contributed by atoms with E-state index in [0.29, 0.717) is 22.8 Å². The van der Waals surface area contributed by atoms with Crippen molar-refractivity contribution >= 4 is 21.4 Å². The summed E-state index contributed by atoms with van der Waals surface area (Å²) in [6.07, 6.45) is 1.59. The lowest BCUT2D eigenvalue weighted by Crippen LogP contribution is -2.24. The van der Waals surface area contributed by atoms with E-state index in [4.69, 9.17) is 4.42 Å². The number of thiazole rings is 1. The maximum absolute atomic E-state index is 12.6. The van der Waals surface area contributed by atoms with Gasteiger partial charge in [-0.25, -0.2) is 23.1 Å². The largest absolute Gasteiger partial charge is 0.441 e. The Morgan fingerprint density at radius 1 is 1.25 bits per heavy atom. The molecule has 0 saturated carbocycles.